The molecule has 0 saturated heterocycles. The Balaban J connectivity index is 1.70. The summed E-state index contributed by atoms with van der Waals surface area (Å²) in [5.41, 5.74) is 3.86. The summed E-state index contributed by atoms with van der Waals surface area (Å²) in [6, 6.07) is 12.6. The molecule has 5 rings (SSSR count). The van der Waals surface area contributed by atoms with Crippen molar-refractivity contribution in [2.24, 2.45) is 0 Å². The highest BCUT2D eigenvalue weighted by Crippen LogP contribution is 2.25. The van der Waals surface area contributed by atoms with Gasteiger partial charge in [-0.2, -0.15) is 5.10 Å². The van der Waals surface area contributed by atoms with Crippen molar-refractivity contribution in [2.45, 2.75) is 6.92 Å². The molecule has 2 aromatic carbocycles. The van der Waals surface area contributed by atoms with E-state index in [9.17, 15) is 5.11 Å². The van der Waals surface area contributed by atoms with Crippen LogP contribution in [-0.4, -0.2) is 34.5 Å². The number of phenols is 1. The van der Waals surface area contributed by atoms with E-state index in [4.69, 9.17) is 11.6 Å². The van der Waals surface area contributed by atoms with Crippen molar-refractivity contribution in [1.82, 2.24) is 29.4 Å². The topological polar surface area (TPSA) is 81.1 Å². The Hall–Kier alpha value is -3.45. The molecule has 1 N–H and O–H groups in total. The number of phenolic OH excluding ortho intramolecular Hbond substituents is 1. The maximum atomic E-state index is 9.69. The zero-order chi connectivity index (χ0) is 18.5. The van der Waals surface area contributed by atoms with Crippen LogP contribution < -0.4 is 0 Å². The summed E-state index contributed by atoms with van der Waals surface area (Å²) in [6.07, 6.45) is 3.32. The lowest BCUT2D eigenvalue weighted by Gasteiger charge is -2.05. The van der Waals surface area contributed by atoms with Gasteiger partial charge in [0, 0.05) is 10.6 Å². The summed E-state index contributed by atoms with van der Waals surface area (Å²) in [6.45, 7) is 1.95. The highest BCUT2D eigenvalue weighted by atomic mass is 35.5. The Bertz CT molecular complexity index is 1320. The summed E-state index contributed by atoms with van der Waals surface area (Å²) in [4.78, 5) is 9.10. The molecule has 3 aromatic heterocycles. The molecule has 0 atom stereocenters. The van der Waals surface area contributed by atoms with Gasteiger partial charge in [-0.25, -0.2) is 19.2 Å². The molecule has 0 fully saturated rings. The normalized spacial score (nSPS) is 11.5. The number of fused-ring (bicyclic) bond motifs is 3. The van der Waals surface area contributed by atoms with Gasteiger partial charge in [0.2, 0.25) is 0 Å². The maximum absolute atomic E-state index is 9.69. The molecule has 0 bridgehead atoms. The first kappa shape index (κ1) is 15.8. The summed E-state index contributed by atoms with van der Waals surface area (Å²) in [5, 5.41) is 20.0. The molecule has 0 aliphatic carbocycles. The largest absolute Gasteiger partial charge is 0.508 e. The Morgan fingerprint density at radius 2 is 1.96 bits per heavy atom. The molecule has 5 aromatic rings. The average Bonchev–Trinajstić information content (AvgIpc) is 3.27. The Kier molecular flexibility index (Phi) is 3.38. The van der Waals surface area contributed by atoms with Crippen LogP contribution in [0.5, 0.6) is 5.75 Å². The molecule has 0 radical (unpaired) electrons. The monoisotopic (exact) mass is 376 g/mol. The van der Waals surface area contributed by atoms with Crippen molar-refractivity contribution in [3.05, 3.63) is 65.6 Å². The fourth-order valence-electron chi connectivity index (χ4n) is 2.99. The Labute approximate surface area is 158 Å². The van der Waals surface area contributed by atoms with Crippen LogP contribution in [0.4, 0.5) is 0 Å². The highest BCUT2D eigenvalue weighted by molar-refractivity contribution is 6.31. The molecule has 7 nitrogen and oxygen atoms in total. The van der Waals surface area contributed by atoms with Crippen molar-refractivity contribution >= 4 is 28.3 Å². The van der Waals surface area contributed by atoms with E-state index in [1.165, 1.54) is 0 Å². The number of aromatic hydroxyl groups is 1. The average molecular weight is 377 g/mol. The summed E-state index contributed by atoms with van der Waals surface area (Å²) in [7, 11) is 0. The van der Waals surface area contributed by atoms with E-state index in [1.807, 2.05) is 31.2 Å². The van der Waals surface area contributed by atoms with Crippen LogP contribution in [0.2, 0.25) is 5.02 Å². The van der Waals surface area contributed by atoms with Crippen molar-refractivity contribution in [2.75, 3.05) is 0 Å². The summed E-state index contributed by atoms with van der Waals surface area (Å²) >= 11 is 6.25. The van der Waals surface area contributed by atoms with Crippen molar-refractivity contribution in [3.8, 4) is 22.8 Å². The van der Waals surface area contributed by atoms with Crippen LogP contribution >= 0.6 is 11.6 Å². The van der Waals surface area contributed by atoms with E-state index in [-0.39, 0.29) is 5.75 Å². The first-order valence-corrected chi connectivity index (χ1v) is 8.63. The van der Waals surface area contributed by atoms with E-state index < -0.39 is 0 Å². The van der Waals surface area contributed by atoms with Gasteiger partial charge in [0.1, 0.15) is 12.1 Å². The lowest BCUT2D eigenvalue weighted by molar-refractivity contribution is 0.475. The summed E-state index contributed by atoms with van der Waals surface area (Å²) in [5.74, 6) is 0.671. The number of hydrogen-bond donors (Lipinski definition) is 1. The van der Waals surface area contributed by atoms with Gasteiger partial charge in [-0.1, -0.05) is 29.8 Å². The molecule has 3 heterocycles. The van der Waals surface area contributed by atoms with Crippen LogP contribution in [-0.2, 0) is 0 Å². The van der Waals surface area contributed by atoms with Gasteiger partial charge in [-0.3, -0.25) is 0 Å². The first-order valence-electron chi connectivity index (χ1n) is 8.25. The number of aryl methyl sites for hydroxylation is 1. The second-order valence-electron chi connectivity index (χ2n) is 6.23. The zero-order valence-electron chi connectivity index (χ0n) is 14.2. The van der Waals surface area contributed by atoms with Gasteiger partial charge in [-0.15, -0.1) is 5.10 Å². The van der Waals surface area contributed by atoms with Crippen LogP contribution in [0, 0.1) is 6.92 Å². The maximum Gasteiger partial charge on any atom is 0.182 e. The van der Waals surface area contributed by atoms with E-state index in [0.29, 0.717) is 22.1 Å². The minimum absolute atomic E-state index is 0.165. The lowest BCUT2D eigenvalue weighted by Crippen LogP contribution is -1.99. The third-order valence-corrected chi connectivity index (χ3v) is 4.82. The highest BCUT2D eigenvalue weighted by Gasteiger charge is 2.15. The molecule has 0 saturated carbocycles. The predicted octanol–water partition coefficient (Wildman–Crippen LogP) is 3.80. The number of halogens is 1. The van der Waals surface area contributed by atoms with Gasteiger partial charge in [0.05, 0.1) is 17.3 Å². The molecule has 0 spiro atoms. The Morgan fingerprint density at radius 1 is 1.07 bits per heavy atom. The molecule has 0 unspecified atom stereocenters. The van der Waals surface area contributed by atoms with E-state index in [2.05, 4.69) is 20.2 Å². The van der Waals surface area contributed by atoms with Crippen LogP contribution in [0.25, 0.3) is 33.8 Å². The lowest BCUT2D eigenvalue weighted by atomic mass is 10.2. The van der Waals surface area contributed by atoms with E-state index in [0.717, 1.165) is 22.2 Å². The van der Waals surface area contributed by atoms with Gasteiger partial charge in [0.25, 0.3) is 0 Å². The first-order chi connectivity index (χ1) is 13.1. The molecular formula is C19H13ClN6O. The van der Waals surface area contributed by atoms with Crippen molar-refractivity contribution in [1.29, 1.82) is 0 Å². The molecule has 27 heavy (non-hydrogen) atoms. The van der Waals surface area contributed by atoms with Crippen LogP contribution in [0.1, 0.15) is 5.56 Å². The minimum Gasteiger partial charge on any atom is -0.508 e. The van der Waals surface area contributed by atoms with E-state index >= 15 is 0 Å². The fourth-order valence-corrected chi connectivity index (χ4v) is 3.17. The number of rotatable bonds is 2. The molecule has 132 valence electrons. The third kappa shape index (κ3) is 2.51. The van der Waals surface area contributed by atoms with Crippen LogP contribution in [0.15, 0.2) is 55.0 Å². The Morgan fingerprint density at radius 3 is 2.78 bits per heavy atom. The molecular weight excluding hydrogens is 364 g/mol. The second-order valence-corrected chi connectivity index (χ2v) is 6.63. The van der Waals surface area contributed by atoms with Crippen molar-refractivity contribution < 1.29 is 5.11 Å². The molecule has 0 aliphatic rings. The standard InChI is InChI=1S/C19H13ClN6O/c1-11-5-6-13(8-16(11)20)26-18-15(9-22-26)19-23-17(24-25(19)10-21-18)12-3-2-4-14(27)7-12/h2-10,27H,1H3. The number of aromatic nitrogens is 6. The van der Waals surface area contributed by atoms with Gasteiger partial charge in [-0.05, 0) is 36.8 Å². The van der Waals surface area contributed by atoms with E-state index in [1.54, 1.807) is 39.9 Å². The minimum atomic E-state index is 0.165. The smallest absolute Gasteiger partial charge is 0.182 e. The molecule has 0 aliphatic heterocycles. The molecule has 0 amide bonds. The van der Waals surface area contributed by atoms with Crippen LogP contribution in [0.3, 0.4) is 0 Å². The third-order valence-electron chi connectivity index (χ3n) is 4.41. The van der Waals surface area contributed by atoms with Gasteiger partial charge in [0.15, 0.2) is 17.1 Å². The quantitative estimate of drug-likeness (QED) is 0.507. The number of hydrogen-bond acceptors (Lipinski definition) is 5. The summed E-state index contributed by atoms with van der Waals surface area (Å²) < 4.78 is 3.33. The second kappa shape index (κ2) is 5.78. The number of nitrogens with zero attached hydrogens (tertiary/aromatic N) is 6. The molecule has 8 heteroatoms. The fraction of sp³-hybridized carbons (Fsp3) is 0.0526. The predicted molar refractivity (Wildman–Crippen MR) is 102 cm³/mol. The number of benzene rings is 2. The van der Waals surface area contributed by atoms with Gasteiger partial charge >= 0.3 is 0 Å². The SMILES string of the molecule is Cc1ccc(-n2ncc3c2ncn2nc(-c4cccc(O)c4)nc32)cc1Cl. The zero-order valence-corrected chi connectivity index (χ0v) is 15.0. The van der Waals surface area contributed by atoms with Crippen molar-refractivity contribution in [3.63, 3.8) is 0 Å². The van der Waals surface area contributed by atoms with Gasteiger partial charge < -0.3 is 5.11 Å².